The minimum absolute atomic E-state index is 0.0129. The summed E-state index contributed by atoms with van der Waals surface area (Å²) in [6.45, 7) is 8.70. The standard InChI is InChI=1S/C11H18ClN3/c1-7-5-8(6-7)15-9(11(2,3)4)13-14-10(15)12/h7-8H,5-6H2,1-4H3. The van der Waals surface area contributed by atoms with Crippen LogP contribution in [0.2, 0.25) is 5.28 Å². The van der Waals surface area contributed by atoms with Gasteiger partial charge in [-0.3, -0.25) is 4.57 Å². The van der Waals surface area contributed by atoms with Crippen LogP contribution in [0.1, 0.15) is 52.4 Å². The first-order valence-electron chi connectivity index (χ1n) is 5.50. The van der Waals surface area contributed by atoms with Crippen LogP contribution in [0.15, 0.2) is 0 Å². The first kappa shape index (κ1) is 10.9. The molecule has 0 N–H and O–H groups in total. The first-order chi connectivity index (χ1) is 6.89. The molecule has 4 heteroatoms. The molecule has 1 saturated carbocycles. The summed E-state index contributed by atoms with van der Waals surface area (Å²) in [5, 5.41) is 8.72. The van der Waals surface area contributed by atoms with Crippen LogP contribution in [0.25, 0.3) is 0 Å². The quantitative estimate of drug-likeness (QED) is 0.738. The molecule has 0 amide bonds. The predicted octanol–water partition coefficient (Wildman–Crippen LogP) is 3.20. The number of hydrogen-bond acceptors (Lipinski definition) is 2. The van der Waals surface area contributed by atoms with Gasteiger partial charge in [0.05, 0.1) is 0 Å². The van der Waals surface area contributed by atoms with Crippen LogP contribution in [-0.2, 0) is 5.41 Å². The van der Waals surface area contributed by atoms with E-state index in [1.165, 1.54) is 12.8 Å². The Balaban J connectivity index is 2.33. The monoisotopic (exact) mass is 227 g/mol. The summed E-state index contributed by atoms with van der Waals surface area (Å²) in [5.41, 5.74) is 0.0129. The molecule has 0 unspecified atom stereocenters. The summed E-state index contributed by atoms with van der Waals surface area (Å²) in [4.78, 5) is 0. The Bertz CT molecular complexity index is 358. The lowest BCUT2D eigenvalue weighted by atomic mass is 9.81. The molecule has 0 spiro atoms. The van der Waals surface area contributed by atoms with E-state index >= 15 is 0 Å². The van der Waals surface area contributed by atoms with Crippen molar-refractivity contribution in [2.24, 2.45) is 5.92 Å². The van der Waals surface area contributed by atoms with Crippen molar-refractivity contribution in [3.8, 4) is 0 Å². The summed E-state index contributed by atoms with van der Waals surface area (Å²) >= 11 is 6.10. The van der Waals surface area contributed by atoms with E-state index in [4.69, 9.17) is 11.6 Å². The maximum absolute atomic E-state index is 6.10. The van der Waals surface area contributed by atoms with Crippen molar-refractivity contribution in [3.63, 3.8) is 0 Å². The third-order valence-corrected chi connectivity index (χ3v) is 3.30. The smallest absolute Gasteiger partial charge is 0.225 e. The summed E-state index contributed by atoms with van der Waals surface area (Å²) < 4.78 is 2.11. The topological polar surface area (TPSA) is 30.7 Å². The highest BCUT2D eigenvalue weighted by Crippen LogP contribution is 2.40. The Morgan fingerprint density at radius 1 is 1.27 bits per heavy atom. The van der Waals surface area contributed by atoms with Gasteiger partial charge in [-0.15, -0.1) is 10.2 Å². The van der Waals surface area contributed by atoms with Gasteiger partial charge < -0.3 is 0 Å². The number of rotatable bonds is 1. The van der Waals surface area contributed by atoms with E-state index in [9.17, 15) is 0 Å². The van der Waals surface area contributed by atoms with Crippen molar-refractivity contribution >= 4 is 11.6 Å². The molecule has 2 rings (SSSR count). The molecule has 15 heavy (non-hydrogen) atoms. The predicted molar refractivity (Wildman–Crippen MR) is 61.2 cm³/mol. The lowest BCUT2D eigenvalue weighted by Crippen LogP contribution is -2.29. The van der Waals surface area contributed by atoms with Crippen LogP contribution >= 0.6 is 11.6 Å². The van der Waals surface area contributed by atoms with Gasteiger partial charge in [-0.1, -0.05) is 27.7 Å². The molecule has 3 nitrogen and oxygen atoms in total. The van der Waals surface area contributed by atoms with E-state index in [0.717, 1.165) is 11.7 Å². The van der Waals surface area contributed by atoms with Crippen molar-refractivity contribution in [1.29, 1.82) is 0 Å². The lowest BCUT2D eigenvalue weighted by molar-refractivity contribution is 0.206. The number of nitrogens with zero attached hydrogens (tertiary/aromatic N) is 3. The molecule has 0 bridgehead atoms. The van der Waals surface area contributed by atoms with Gasteiger partial charge in [-0.2, -0.15) is 0 Å². The number of hydrogen-bond donors (Lipinski definition) is 0. The van der Waals surface area contributed by atoms with Crippen LogP contribution in [0.3, 0.4) is 0 Å². The third-order valence-electron chi connectivity index (χ3n) is 3.04. The summed E-state index contributed by atoms with van der Waals surface area (Å²) in [7, 11) is 0. The van der Waals surface area contributed by atoms with Gasteiger partial charge in [0.2, 0.25) is 5.28 Å². The molecule has 1 heterocycles. The lowest BCUT2D eigenvalue weighted by Gasteiger charge is -2.36. The van der Waals surface area contributed by atoms with E-state index in [2.05, 4.69) is 42.5 Å². The highest BCUT2D eigenvalue weighted by atomic mass is 35.5. The van der Waals surface area contributed by atoms with Crippen molar-refractivity contribution in [3.05, 3.63) is 11.1 Å². The minimum atomic E-state index is 0.0129. The van der Waals surface area contributed by atoms with E-state index in [-0.39, 0.29) is 5.41 Å². The van der Waals surface area contributed by atoms with Crippen LogP contribution in [0, 0.1) is 5.92 Å². The minimum Gasteiger partial charge on any atom is -0.298 e. The normalized spacial score (nSPS) is 26.5. The molecule has 0 atom stereocenters. The van der Waals surface area contributed by atoms with E-state index in [1.807, 2.05) is 0 Å². The van der Waals surface area contributed by atoms with Gasteiger partial charge in [-0.25, -0.2) is 0 Å². The van der Waals surface area contributed by atoms with E-state index < -0.39 is 0 Å². The average Bonchev–Trinajstić information content (AvgIpc) is 2.40. The summed E-state index contributed by atoms with van der Waals surface area (Å²) in [6, 6.07) is 0.511. The molecule has 0 radical (unpaired) electrons. The largest absolute Gasteiger partial charge is 0.298 e. The van der Waals surface area contributed by atoms with Gasteiger partial charge in [0.1, 0.15) is 5.82 Å². The zero-order chi connectivity index (χ0) is 11.2. The molecule has 1 aliphatic carbocycles. The molecule has 1 aromatic heterocycles. The average molecular weight is 228 g/mol. The Kier molecular flexibility index (Phi) is 2.53. The number of halogens is 1. The van der Waals surface area contributed by atoms with Crippen molar-refractivity contribution in [2.75, 3.05) is 0 Å². The van der Waals surface area contributed by atoms with Gasteiger partial charge >= 0.3 is 0 Å². The number of aromatic nitrogens is 3. The Hall–Kier alpha value is -0.570. The Morgan fingerprint density at radius 2 is 1.87 bits per heavy atom. The van der Waals surface area contributed by atoms with Gasteiger partial charge in [0, 0.05) is 11.5 Å². The Labute approximate surface area is 95.8 Å². The highest BCUT2D eigenvalue weighted by molar-refractivity contribution is 6.28. The second-order valence-electron chi connectivity index (χ2n) is 5.64. The molecular formula is C11H18ClN3. The van der Waals surface area contributed by atoms with Crippen molar-refractivity contribution in [1.82, 2.24) is 14.8 Å². The molecule has 1 aliphatic rings. The van der Waals surface area contributed by atoms with Gasteiger partial charge in [-0.05, 0) is 30.4 Å². The van der Waals surface area contributed by atoms with Crippen LogP contribution in [-0.4, -0.2) is 14.8 Å². The van der Waals surface area contributed by atoms with E-state index in [1.54, 1.807) is 0 Å². The summed E-state index contributed by atoms with van der Waals surface area (Å²) in [5.74, 6) is 1.81. The zero-order valence-corrected chi connectivity index (χ0v) is 10.5. The van der Waals surface area contributed by atoms with Crippen LogP contribution in [0.5, 0.6) is 0 Å². The molecule has 0 saturated heterocycles. The van der Waals surface area contributed by atoms with Crippen molar-refractivity contribution < 1.29 is 0 Å². The fraction of sp³-hybridized carbons (Fsp3) is 0.818. The molecule has 1 fully saturated rings. The van der Waals surface area contributed by atoms with Gasteiger partial charge in [0.25, 0.3) is 0 Å². The highest BCUT2D eigenvalue weighted by Gasteiger charge is 2.33. The maximum Gasteiger partial charge on any atom is 0.225 e. The zero-order valence-electron chi connectivity index (χ0n) is 9.79. The molecule has 84 valence electrons. The second kappa shape index (κ2) is 3.48. The van der Waals surface area contributed by atoms with Crippen molar-refractivity contribution in [2.45, 2.75) is 52.0 Å². The first-order valence-corrected chi connectivity index (χ1v) is 5.88. The fourth-order valence-corrected chi connectivity index (χ4v) is 2.43. The second-order valence-corrected chi connectivity index (χ2v) is 5.98. The fourth-order valence-electron chi connectivity index (χ4n) is 2.18. The molecule has 1 aromatic rings. The molecule has 0 aliphatic heterocycles. The Morgan fingerprint density at radius 3 is 2.33 bits per heavy atom. The summed E-state index contributed by atoms with van der Waals surface area (Å²) in [6.07, 6.45) is 2.39. The van der Waals surface area contributed by atoms with E-state index in [0.29, 0.717) is 11.3 Å². The third kappa shape index (κ3) is 1.89. The van der Waals surface area contributed by atoms with Crippen LogP contribution < -0.4 is 0 Å². The molecular weight excluding hydrogens is 210 g/mol. The SMILES string of the molecule is CC1CC(n2c(Cl)nnc2C(C)(C)C)C1. The molecule has 0 aromatic carbocycles. The maximum atomic E-state index is 6.10. The van der Waals surface area contributed by atoms with Crippen LogP contribution in [0.4, 0.5) is 0 Å². The van der Waals surface area contributed by atoms with Gasteiger partial charge in [0.15, 0.2) is 0 Å².